The van der Waals surface area contributed by atoms with E-state index in [-0.39, 0.29) is 41.8 Å². The number of Topliss-reactive ketones (excluding diaryl/α,β-unsaturated/α-hetero) is 1. The van der Waals surface area contributed by atoms with Crippen molar-refractivity contribution in [3.63, 3.8) is 0 Å². The molecule has 88 valence electrons. The van der Waals surface area contributed by atoms with Gasteiger partial charge in [0.05, 0.1) is 17.8 Å². The van der Waals surface area contributed by atoms with E-state index in [1.165, 1.54) is 0 Å². The molecule has 1 aromatic rings. The van der Waals surface area contributed by atoms with Crippen molar-refractivity contribution >= 4 is 39.4 Å². The van der Waals surface area contributed by atoms with Crippen molar-refractivity contribution in [1.82, 2.24) is 0 Å². The Kier molecular flexibility index (Phi) is 12.8. The first-order chi connectivity index (χ1) is 7.47. The molecule has 0 bridgehead atoms. The topological polar surface area (TPSA) is 94.5 Å². The van der Waals surface area contributed by atoms with Crippen molar-refractivity contribution in [2.24, 2.45) is 0 Å². The van der Waals surface area contributed by atoms with E-state index < -0.39 is 11.4 Å². The summed E-state index contributed by atoms with van der Waals surface area (Å²) in [6, 6.07) is 6.93. The van der Waals surface area contributed by atoms with Crippen molar-refractivity contribution in [2.75, 3.05) is 0 Å². The van der Waals surface area contributed by atoms with Crippen molar-refractivity contribution in [1.29, 1.82) is 0 Å². The molecule has 0 aliphatic rings. The summed E-state index contributed by atoms with van der Waals surface area (Å²) in [6.45, 7) is 0. The van der Waals surface area contributed by atoms with Crippen LogP contribution in [0.3, 0.4) is 0 Å². The molecule has 1 aromatic carbocycles. The molecule has 0 fully saturated rings. The van der Waals surface area contributed by atoms with Crippen molar-refractivity contribution in [3.8, 4) is 0 Å². The molecule has 0 saturated heterocycles. The Morgan fingerprint density at radius 3 is 2.18 bits per heavy atom. The van der Waals surface area contributed by atoms with Gasteiger partial charge in [-0.1, -0.05) is 28.1 Å². The Hall–Kier alpha value is 0.110. The molecule has 0 aromatic heterocycles. The van der Waals surface area contributed by atoms with E-state index in [9.17, 15) is 9.59 Å². The number of carbonyl (C=O) groups excluding carboxylic acids is 2. The van der Waals surface area contributed by atoms with Gasteiger partial charge in [0, 0.05) is 10.0 Å². The van der Waals surface area contributed by atoms with Gasteiger partial charge in [0.2, 0.25) is 0 Å². The molecule has 0 heterocycles. The fourth-order valence-corrected chi connectivity index (χ4v) is 1.09. The molecule has 1 N–H and O–H groups in total. The van der Waals surface area contributed by atoms with E-state index in [0.717, 1.165) is 4.47 Å². The Morgan fingerprint density at radius 1 is 1.41 bits per heavy atom. The second-order valence-corrected chi connectivity index (χ2v) is 3.87. The molecule has 0 aliphatic heterocycles. The number of halogens is 1. The first kappa shape index (κ1) is 19.4. The summed E-state index contributed by atoms with van der Waals surface area (Å²) in [6.07, 6.45) is 0.575. The largest absolute Gasteiger partial charge is 1.00 e. The number of ketones is 1. The molecule has 5 nitrogen and oxygen atoms in total. The number of hydrogen-bond acceptors (Lipinski definition) is 4. The molecule has 0 saturated carbocycles. The normalized spacial score (nSPS) is 10.3. The standard InChI is InChI=1S/C9H7BrO2.Na.H2O3S/c10-8-3-1-7(2-4-8)9(12)5-6-11;;1-4(2)3/h1-4,6H,5H2;;(H2,1,2,3)/q;+1;/p-1. The second-order valence-electron chi connectivity index (χ2n) is 2.52. The summed E-state index contributed by atoms with van der Waals surface area (Å²) < 4.78 is 25.0. The van der Waals surface area contributed by atoms with Gasteiger partial charge >= 0.3 is 29.6 Å². The third kappa shape index (κ3) is 11.0. The molecule has 17 heavy (non-hydrogen) atoms. The van der Waals surface area contributed by atoms with Crippen LogP contribution < -0.4 is 29.6 Å². The summed E-state index contributed by atoms with van der Waals surface area (Å²) in [5.41, 5.74) is 0.574. The van der Waals surface area contributed by atoms with Crippen LogP contribution in [0.15, 0.2) is 28.7 Å². The van der Waals surface area contributed by atoms with Crippen LogP contribution in [0.5, 0.6) is 0 Å². The van der Waals surface area contributed by atoms with Crippen molar-refractivity contribution in [3.05, 3.63) is 34.3 Å². The Balaban J connectivity index is 0. The van der Waals surface area contributed by atoms with E-state index in [0.29, 0.717) is 11.8 Å². The number of rotatable bonds is 3. The average molecular weight is 331 g/mol. The van der Waals surface area contributed by atoms with E-state index in [1.54, 1.807) is 24.3 Å². The molecule has 0 aliphatic carbocycles. The maximum absolute atomic E-state index is 11.1. The van der Waals surface area contributed by atoms with Crippen LogP contribution in [-0.2, 0) is 16.2 Å². The molecule has 1 rings (SSSR count). The van der Waals surface area contributed by atoms with E-state index >= 15 is 0 Å². The average Bonchev–Trinajstić information content (AvgIpc) is 2.18. The van der Waals surface area contributed by atoms with Crippen molar-refractivity contribution in [2.45, 2.75) is 6.42 Å². The summed E-state index contributed by atoms with van der Waals surface area (Å²) in [5.74, 6) is -0.141. The van der Waals surface area contributed by atoms with Crippen LogP contribution >= 0.6 is 15.9 Å². The molecule has 0 spiro atoms. The van der Waals surface area contributed by atoms with Gasteiger partial charge < -0.3 is 13.9 Å². The van der Waals surface area contributed by atoms with Gasteiger partial charge in [-0.25, -0.2) is 4.21 Å². The molecule has 1 unspecified atom stereocenters. The van der Waals surface area contributed by atoms with E-state index in [2.05, 4.69) is 15.9 Å². The second kappa shape index (κ2) is 11.2. The molecule has 0 radical (unpaired) electrons. The zero-order chi connectivity index (χ0) is 12.6. The first-order valence-electron chi connectivity index (χ1n) is 3.98. The van der Waals surface area contributed by atoms with Crippen molar-refractivity contribution < 1.29 is 52.5 Å². The Labute approximate surface area is 132 Å². The minimum Gasteiger partial charge on any atom is -0.750 e. The molecule has 8 heteroatoms. The van der Waals surface area contributed by atoms with Gasteiger partial charge in [0.25, 0.3) is 0 Å². The smallest absolute Gasteiger partial charge is 0.750 e. The van der Waals surface area contributed by atoms with Crippen LogP contribution in [0.1, 0.15) is 16.8 Å². The predicted octanol–water partition coefficient (Wildman–Crippen LogP) is -1.44. The third-order valence-electron chi connectivity index (χ3n) is 1.43. The summed E-state index contributed by atoms with van der Waals surface area (Å²) in [5, 5.41) is 0. The van der Waals surface area contributed by atoms with Crippen LogP contribution in [0.4, 0.5) is 0 Å². The first-order valence-corrected chi connectivity index (χ1v) is 5.80. The zero-order valence-corrected chi connectivity index (χ0v) is 13.4. The number of benzene rings is 1. The van der Waals surface area contributed by atoms with Crippen LogP contribution in [0, 0.1) is 0 Å². The van der Waals surface area contributed by atoms with Gasteiger partial charge in [0.15, 0.2) is 5.78 Å². The Bertz CT molecular complexity index is 377. The number of carbonyl (C=O) groups is 2. The number of hydrogen-bond donors (Lipinski definition) is 1. The van der Waals surface area contributed by atoms with Gasteiger partial charge in [-0.3, -0.25) is 4.79 Å². The van der Waals surface area contributed by atoms with E-state index in [4.69, 9.17) is 13.3 Å². The molecule has 1 atom stereocenters. The van der Waals surface area contributed by atoms with Crippen LogP contribution in [0.2, 0.25) is 0 Å². The maximum atomic E-state index is 11.1. The Morgan fingerprint density at radius 2 is 1.82 bits per heavy atom. The maximum Gasteiger partial charge on any atom is 1.00 e. The predicted molar refractivity (Wildman–Crippen MR) is 60.7 cm³/mol. The fourth-order valence-electron chi connectivity index (χ4n) is 0.829. The fraction of sp³-hybridized carbons (Fsp3) is 0.111. The van der Waals surface area contributed by atoms with Gasteiger partial charge in [-0.05, 0) is 12.1 Å². The molecular formula is C9H8BrNaO5S. The molecule has 0 amide bonds. The summed E-state index contributed by atoms with van der Waals surface area (Å²) >= 11 is 0.392. The monoisotopic (exact) mass is 330 g/mol. The number of aldehydes is 1. The summed E-state index contributed by atoms with van der Waals surface area (Å²) in [4.78, 5) is 21.1. The SMILES string of the molecule is O=CCC(=O)c1ccc(Br)cc1.O=S([O-])O.[Na+]. The van der Waals surface area contributed by atoms with Gasteiger partial charge in [-0.2, -0.15) is 0 Å². The van der Waals surface area contributed by atoms with E-state index in [1.807, 2.05) is 0 Å². The summed E-state index contributed by atoms with van der Waals surface area (Å²) in [7, 11) is 0. The third-order valence-corrected chi connectivity index (χ3v) is 1.96. The van der Waals surface area contributed by atoms with Crippen LogP contribution in [-0.4, -0.2) is 25.4 Å². The van der Waals surface area contributed by atoms with Gasteiger partial charge in [0.1, 0.15) is 6.29 Å². The minimum absolute atomic E-state index is 0. The zero-order valence-electron chi connectivity index (χ0n) is 8.96. The minimum atomic E-state index is -2.86. The quantitative estimate of drug-likeness (QED) is 0.241. The van der Waals surface area contributed by atoms with Gasteiger partial charge in [-0.15, -0.1) is 0 Å². The van der Waals surface area contributed by atoms with Crippen LogP contribution in [0.25, 0.3) is 0 Å². The molecular weight excluding hydrogens is 323 g/mol.